The summed E-state index contributed by atoms with van der Waals surface area (Å²) in [4.78, 5) is 10.5. The maximum atomic E-state index is 13.5. The van der Waals surface area contributed by atoms with Gasteiger partial charge in [0.15, 0.2) is 0 Å². The van der Waals surface area contributed by atoms with E-state index in [1.807, 2.05) is 13.8 Å². The highest BCUT2D eigenvalue weighted by atomic mass is 35.5. The van der Waals surface area contributed by atoms with Crippen molar-refractivity contribution in [1.82, 2.24) is 0 Å². The van der Waals surface area contributed by atoms with Crippen LogP contribution in [0.5, 0.6) is 0 Å². The number of hydrogen-bond donors (Lipinski definition) is 0. The fourth-order valence-corrected chi connectivity index (χ4v) is 2.70. The lowest BCUT2D eigenvalue weighted by Gasteiger charge is -2.23. The number of nitro groups is 1. The van der Waals surface area contributed by atoms with Gasteiger partial charge in [0.25, 0.3) is 5.69 Å². The van der Waals surface area contributed by atoms with Crippen molar-refractivity contribution in [2.24, 2.45) is 5.92 Å². The van der Waals surface area contributed by atoms with Gasteiger partial charge in [-0.15, -0.1) is 11.6 Å². The van der Waals surface area contributed by atoms with Crippen molar-refractivity contribution < 1.29 is 9.31 Å². The van der Waals surface area contributed by atoms with E-state index in [2.05, 4.69) is 0 Å². The zero-order valence-corrected chi connectivity index (χ0v) is 11.8. The van der Waals surface area contributed by atoms with E-state index in [9.17, 15) is 14.5 Å². The Morgan fingerprint density at radius 3 is 2.28 bits per heavy atom. The maximum absolute atomic E-state index is 13.5. The van der Waals surface area contributed by atoms with E-state index in [-0.39, 0.29) is 27.9 Å². The molecule has 2 unspecified atom stereocenters. The Kier molecular flexibility index (Phi) is 4.93. The third kappa shape index (κ3) is 3.12. The van der Waals surface area contributed by atoms with Crippen LogP contribution in [0.2, 0.25) is 5.02 Å². The molecule has 0 aromatic heterocycles. The van der Waals surface area contributed by atoms with Crippen LogP contribution in [-0.2, 0) is 0 Å². The average Bonchev–Trinajstić information content (AvgIpc) is 2.21. The molecular weight excluding hydrogens is 280 g/mol. The van der Waals surface area contributed by atoms with E-state index >= 15 is 0 Å². The zero-order chi connectivity index (χ0) is 14.0. The fourth-order valence-electron chi connectivity index (χ4n) is 2.11. The summed E-state index contributed by atoms with van der Waals surface area (Å²) in [5, 5.41) is 10.4. The monoisotopic (exact) mass is 293 g/mol. The summed E-state index contributed by atoms with van der Waals surface area (Å²) in [6.07, 6.45) is 0. The molecule has 18 heavy (non-hydrogen) atoms. The lowest BCUT2D eigenvalue weighted by atomic mass is 9.85. The van der Waals surface area contributed by atoms with Crippen molar-refractivity contribution in [3.8, 4) is 0 Å². The van der Waals surface area contributed by atoms with Crippen LogP contribution in [0.3, 0.4) is 0 Å². The summed E-state index contributed by atoms with van der Waals surface area (Å²) in [5.74, 6) is -0.921. The summed E-state index contributed by atoms with van der Waals surface area (Å²) in [7, 11) is 0. The molecule has 0 aliphatic heterocycles. The van der Waals surface area contributed by atoms with E-state index in [1.54, 1.807) is 6.92 Å². The highest BCUT2D eigenvalue weighted by Crippen LogP contribution is 2.38. The fraction of sp³-hybridized carbons (Fsp3) is 0.500. The molecule has 1 aromatic rings. The molecule has 1 aromatic carbocycles. The number of nitro benzene ring substituents is 1. The SMILES string of the molecule is CC(C)C(c1cc(F)c(Cl)cc1[N+](=O)[O-])C(C)Cl. The molecule has 1 rings (SSSR count). The normalized spacial score (nSPS) is 14.6. The number of rotatable bonds is 4. The van der Waals surface area contributed by atoms with Gasteiger partial charge in [0, 0.05) is 22.9 Å². The third-order valence-electron chi connectivity index (χ3n) is 2.84. The Morgan fingerprint density at radius 1 is 1.33 bits per heavy atom. The van der Waals surface area contributed by atoms with Gasteiger partial charge in [-0.05, 0) is 18.9 Å². The highest BCUT2D eigenvalue weighted by Gasteiger charge is 2.29. The van der Waals surface area contributed by atoms with Crippen LogP contribution in [0.25, 0.3) is 0 Å². The predicted octanol–water partition coefficient (Wildman–Crippen LogP) is 4.75. The van der Waals surface area contributed by atoms with Gasteiger partial charge >= 0.3 is 0 Å². The maximum Gasteiger partial charge on any atom is 0.274 e. The first kappa shape index (κ1) is 15.2. The predicted molar refractivity (Wildman–Crippen MR) is 71.0 cm³/mol. The number of nitrogens with zero attached hydrogens (tertiary/aromatic N) is 1. The van der Waals surface area contributed by atoms with Gasteiger partial charge in [0.05, 0.1) is 9.95 Å². The van der Waals surface area contributed by atoms with E-state index in [0.717, 1.165) is 12.1 Å². The Morgan fingerprint density at radius 2 is 1.89 bits per heavy atom. The Hall–Kier alpha value is -0.870. The topological polar surface area (TPSA) is 43.1 Å². The summed E-state index contributed by atoms with van der Waals surface area (Å²) in [6.45, 7) is 5.52. The molecule has 0 spiro atoms. The number of hydrogen-bond acceptors (Lipinski definition) is 2. The second-order valence-electron chi connectivity index (χ2n) is 4.53. The molecule has 0 heterocycles. The number of alkyl halides is 1. The molecule has 0 fully saturated rings. The van der Waals surface area contributed by atoms with Gasteiger partial charge in [-0.2, -0.15) is 0 Å². The van der Waals surface area contributed by atoms with Crippen LogP contribution < -0.4 is 0 Å². The van der Waals surface area contributed by atoms with E-state index in [1.165, 1.54) is 0 Å². The van der Waals surface area contributed by atoms with Crippen LogP contribution in [0, 0.1) is 21.8 Å². The summed E-state index contributed by atoms with van der Waals surface area (Å²) < 4.78 is 13.5. The van der Waals surface area contributed by atoms with Crippen LogP contribution in [0.1, 0.15) is 32.3 Å². The Bertz CT molecular complexity index is 456. The number of halogens is 3. The van der Waals surface area contributed by atoms with Crippen LogP contribution >= 0.6 is 23.2 Å². The molecule has 100 valence electrons. The molecule has 0 saturated heterocycles. The number of benzene rings is 1. The summed E-state index contributed by atoms with van der Waals surface area (Å²) in [6, 6.07) is 2.16. The van der Waals surface area contributed by atoms with Gasteiger partial charge in [0.1, 0.15) is 5.82 Å². The van der Waals surface area contributed by atoms with Crippen LogP contribution in [-0.4, -0.2) is 10.3 Å². The standard InChI is InChI=1S/C12H14Cl2FNO2/c1-6(2)12(7(3)13)8-4-10(15)9(14)5-11(8)16(17)18/h4-7,12H,1-3H3. The lowest BCUT2D eigenvalue weighted by molar-refractivity contribution is -0.385. The molecular formula is C12H14Cl2FNO2. The Balaban J connectivity index is 3.45. The van der Waals surface area contributed by atoms with Gasteiger partial charge in [-0.25, -0.2) is 4.39 Å². The first-order chi connectivity index (χ1) is 8.25. The van der Waals surface area contributed by atoms with Crippen molar-refractivity contribution in [2.45, 2.75) is 32.1 Å². The molecule has 2 atom stereocenters. The van der Waals surface area contributed by atoms with Crippen molar-refractivity contribution >= 4 is 28.9 Å². The van der Waals surface area contributed by atoms with Crippen LogP contribution in [0.4, 0.5) is 10.1 Å². The highest BCUT2D eigenvalue weighted by molar-refractivity contribution is 6.31. The van der Waals surface area contributed by atoms with E-state index in [0.29, 0.717) is 5.56 Å². The van der Waals surface area contributed by atoms with E-state index in [4.69, 9.17) is 23.2 Å². The molecule has 0 saturated carbocycles. The first-order valence-corrected chi connectivity index (χ1v) is 6.34. The molecule has 3 nitrogen and oxygen atoms in total. The van der Waals surface area contributed by atoms with Gasteiger partial charge in [-0.1, -0.05) is 25.4 Å². The molecule has 0 N–H and O–H groups in total. The van der Waals surface area contributed by atoms with E-state index < -0.39 is 10.7 Å². The zero-order valence-electron chi connectivity index (χ0n) is 10.3. The Labute approximate surface area is 115 Å². The quantitative estimate of drug-likeness (QED) is 0.456. The third-order valence-corrected chi connectivity index (χ3v) is 3.40. The molecule has 0 radical (unpaired) electrons. The second kappa shape index (κ2) is 5.85. The first-order valence-electron chi connectivity index (χ1n) is 5.53. The second-order valence-corrected chi connectivity index (χ2v) is 5.63. The smallest absolute Gasteiger partial charge is 0.258 e. The minimum Gasteiger partial charge on any atom is -0.258 e. The minimum atomic E-state index is -0.666. The van der Waals surface area contributed by atoms with Gasteiger partial charge < -0.3 is 0 Å². The molecule has 0 amide bonds. The molecule has 0 aliphatic carbocycles. The minimum absolute atomic E-state index is 0.0526. The van der Waals surface area contributed by atoms with Crippen molar-refractivity contribution in [3.05, 3.63) is 38.7 Å². The summed E-state index contributed by atoms with van der Waals surface area (Å²) in [5.41, 5.74) is 0.104. The largest absolute Gasteiger partial charge is 0.274 e. The lowest BCUT2D eigenvalue weighted by Crippen LogP contribution is -2.17. The van der Waals surface area contributed by atoms with Gasteiger partial charge in [0.2, 0.25) is 0 Å². The molecule has 0 aliphatic rings. The summed E-state index contributed by atoms with van der Waals surface area (Å²) >= 11 is 11.6. The van der Waals surface area contributed by atoms with Crippen molar-refractivity contribution in [3.63, 3.8) is 0 Å². The van der Waals surface area contributed by atoms with Crippen LogP contribution in [0.15, 0.2) is 12.1 Å². The van der Waals surface area contributed by atoms with Gasteiger partial charge in [-0.3, -0.25) is 10.1 Å². The van der Waals surface area contributed by atoms with Crippen molar-refractivity contribution in [2.75, 3.05) is 0 Å². The molecule has 6 heteroatoms. The van der Waals surface area contributed by atoms with Crippen molar-refractivity contribution in [1.29, 1.82) is 0 Å². The molecule has 0 bridgehead atoms. The average molecular weight is 294 g/mol.